The summed E-state index contributed by atoms with van der Waals surface area (Å²) in [7, 11) is 0. The molecular formula is C12H16N2O2. The van der Waals surface area contributed by atoms with E-state index in [1.54, 1.807) is 0 Å². The van der Waals surface area contributed by atoms with Gasteiger partial charge in [0.25, 0.3) is 5.91 Å². The summed E-state index contributed by atoms with van der Waals surface area (Å²) in [6.07, 6.45) is 1.65. The molecule has 0 saturated carbocycles. The van der Waals surface area contributed by atoms with Crippen molar-refractivity contribution in [2.45, 2.75) is 18.9 Å². The number of hydrogen-bond donors (Lipinski definition) is 2. The summed E-state index contributed by atoms with van der Waals surface area (Å²) in [5, 5.41) is 13.4. The van der Waals surface area contributed by atoms with Crippen LogP contribution in [-0.4, -0.2) is 35.3 Å². The lowest BCUT2D eigenvalue weighted by Crippen LogP contribution is -2.53. The third kappa shape index (κ3) is 2.59. The van der Waals surface area contributed by atoms with E-state index in [0.29, 0.717) is 6.54 Å². The largest absolute Gasteiger partial charge is 0.306 e. The van der Waals surface area contributed by atoms with E-state index in [4.69, 9.17) is 0 Å². The van der Waals surface area contributed by atoms with Crippen LogP contribution in [0.4, 0.5) is 0 Å². The van der Waals surface area contributed by atoms with Gasteiger partial charge in [0.2, 0.25) is 0 Å². The number of hydrogen-bond acceptors (Lipinski definition) is 3. The Morgan fingerprint density at radius 3 is 2.88 bits per heavy atom. The first-order chi connectivity index (χ1) is 7.77. The van der Waals surface area contributed by atoms with Crippen LogP contribution in [0, 0.1) is 0 Å². The number of hydroxylamine groups is 2. The second-order valence-corrected chi connectivity index (χ2v) is 4.05. The van der Waals surface area contributed by atoms with Crippen molar-refractivity contribution in [1.82, 2.24) is 10.4 Å². The van der Waals surface area contributed by atoms with E-state index < -0.39 is 0 Å². The smallest absolute Gasteiger partial charge is 0.260 e. The van der Waals surface area contributed by atoms with Crippen LogP contribution < -0.4 is 5.32 Å². The molecule has 1 aliphatic heterocycles. The van der Waals surface area contributed by atoms with Crippen molar-refractivity contribution in [3.8, 4) is 0 Å². The van der Waals surface area contributed by atoms with Crippen LogP contribution in [0.25, 0.3) is 0 Å². The first kappa shape index (κ1) is 11.1. The molecule has 0 radical (unpaired) electrons. The van der Waals surface area contributed by atoms with Crippen molar-refractivity contribution < 1.29 is 10.0 Å². The number of aryl methyl sites for hydroxylation is 1. The fourth-order valence-corrected chi connectivity index (χ4v) is 1.92. The molecule has 0 spiro atoms. The topological polar surface area (TPSA) is 52.6 Å². The summed E-state index contributed by atoms with van der Waals surface area (Å²) in [5.41, 5.74) is 1.23. The summed E-state index contributed by atoms with van der Waals surface area (Å²) in [4.78, 5) is 11.2. The average molecular weight is 220 g/mol. The van der Waals surface area contributed by atoms with E-state index >= 15 is 0 Å². The minimum atomic E-state index is -0.246. The third-order valence-corrected chi connectivity index (χ3v) is 2.87. The van der Waals surface area contributed by atoms with Crippen LogP contribution >= 0.6 is 0 Å². The number of rotatable bonds is 3. The summed E-state index contributed by atoms with van der Waals surface area (Å²) in [6, 6.07) is 9.97. The van der Waals surface area contributed by atoms with Crippen molar-refractivity contribution >= 4 is 5.91 Å². The zero-order valence-corrected chi connectivity index (χ0v) is 9.10. The minimum Gasteiger partial charge on any atom is -0.306 e. The van der Waals surface area contributed by atoms with E-state index in [0.717, 1.165) is 17.9 Å². The van der Waals surface area contributed by atoms with Crippen LogP contribution in [-0.2, 0) is 11.2 Å². The number of piperazine rings is 1. The predicted octanol–water partition coefficient (Wildman–Crippen LogP) is 0.809. The molecule has 1 aromatic rings. The molecule has 1 unspecified atom stereocenters. The Balaban J connectivity index is 1.88. The van der Waals surface area contributed by atoms with E-state index in [2.05, 4.69) is 17.4 Å². The van der Waals surface area contributed by atoms with Crippen molar-refractivity contribution in [1.29, 1.82) is 0 Å². The molecule has 1 aromatic carbocycles. The van der Waals surface area contributed by atoms with Crippen molar-refractivity contribution in [3.63, 3.8) is 0 Å². The van der Waals surface area contributed by atoms with Gasteiger partial charge in [-0.2, -0.15) is 0 Å². The highest BCUT2D eigenvalue weighted by Crippen LogP contribution is 2.10. The molecule has 4 heteroatoms. The molecule has 1 heterocycles. The second kappa shape index (κ2) is 5.09. The lowest BCUT2D eigenvalue weighted by atomic mass is 10.0. The third-order valence-electron chi connectivity index (χ3n) is 2.87. The summed E-state index contributed by atoms with van der Waals surface area (Å²) >= 11 is 0. The normalized spacial score (nSPS) is 21.2. The monoisotopic (exact) mass is 220 g/mol. The Kier molecular flexibility index (Phi) is 3.54. The summed E-state index contributed by atoms with van der Waals surface area (Å²) in [6.45, 7) is 0.896. The van der Waals surface area contributed by atoms with E-state index in [1.807, 2.05) is 18.2 Å². The average Bonchev–Trinajstić information content (AvgIpc) is 2.32. The maximum Gasteiger partial charge on any atom is 0.260 e. The molecule has 0 aliphatic carbocycles. The highest BCUT2D eigenvalue weighted by atomic mass is 16.5. The summed E-state index contributed by atoms with van der Waals surface area (Å²) < 4.78 is 0. The SMILES string of the molecule is O=C1CNCC(CCc2ccccc2)N1O. The Labute approximate surface area is 94.8 Å². The van der Waals surface area contributed by atoms with Crippen LogP contribution in [0.15, 0.2) is 30.3 Å². The number of amides is 1. The lowest BCUT2D eigenvalue weighted by molar-refractivity contribution is -0.179. The Hall–Kier alpha value is -1.39. The maximum absolute atomic E-state index is 11.2. The van der Waals surface area contributed by atoms with Gasteiger partial charge >= 0.3 is 0 Å². The van der Waals surface area contributed by atoms with Crippen LogP contribution in [0.1, 0.15) is 12.0 Å². The number of nitrogens with zero attached hydrogens (tertiary/aromatic N) is 1. The first-order valence-electron chi connectivity index (χ1n) is 5.53. The summed E-state index contributed by atoms with van der Waals surface area (Å²) in [5.74, 6) is -0.246. The number of nitrogens with one attached hydrogen (secondary N) is 1. The number of carbonyl (C=O) groups excluding carboxylic acids is 1. The molecule has 86 valence electrons. The molecule has 16 heavy (non-hydrogen) atoms. The Morgan fingerprint density at radius 1 is 1.38 bits per heavy atom. The number of carbonyl (C=O) groups is 1. The van der Waals surface area contributed by atoms with Gasteiger partial charge in [0.15, 0.2) is 0 Å². The molecule has 1 amide bonds. The van der Waals surface area contributed by atoms with Crippen LogP contribution in [0.2, 0.25) is 0 Å². The minimum absolute atomic E-state index is 0.110. The van der Waals surface area contributed by atoms with Crippen molar-refractivity contribution in [2.75, 3.05) is 13.1 Å². The molecule has 2 N–H and O–H groups in total. The van der Waals surface area contributed by atoms with Gasteiger partial charge in [0, 0.05) is 6.54 Å². The standard InChI is InChI=1S/C12H16N2O2/c15-12-9-13-8-11(14(12)16)7-6-10-4-2-1-3-5-10/h1-5,11,13,16H,6-9H2. The fourth-order valence-electron chi connectivity index (χ4n) is 1.92. The zero-order chi connectivity index (χ0) is 11.4. The van der Waals surface area contributed by atoms with Gasteiger partial charge in [-0.3, -0.25) is 10.0 Å². The van der Waals surface area contributed by atoms with E-state index in [9.17, 15) is 10.0 Å². The van der Waals surface area contributed by atoms with Crippen LogP contribution in [0.3, 0.4) is 0 Å². The highest BCUT2D eigenvalue weighted by molar-refractivity contribution is 5.78. The first-order valence-corrected chi connectivity index (χ1v) is 5.53. The molecule has 0 aromatic heterocycles. The zero-order valence-electron chi connectivity index (χ0n) is 9.10. The van der Waals surface area contributed by atoms with Gasteiger partial charge in [-0.25, -0.2) is 5.06 Å². The fraction of sp³-hybridized carbons (Fsp3) is 0.417. The van der Waals surface area contributed by atoms with Gasteiger partial charge in [0.05, 0.1) is 12.6 Å². The van der Waals surface area contributed by atoms with Crippen molar-refractivity contribution in [2.24, 2.45) is 0 Å². The molecule has 1 aliphatic rings. The quantitative estimate of drug-likeness (QED) is 0.741. The van der Waals surface area contributed by atoms with E-state index in [1.165, 1.54) is 5.56 Å². The Morgan fingerprint density at radius 2 is 2.12 bits per heavy atom. The van der Waals surface area contributed by atoms with Gasteiger partial charge in [-0.15, -0.1) is 0 Å². The lowest BCUT2D eigenvalue weighted by Gasteiger charge is -2.30. The van der Waals surface area contributed by atoms with E-state index in [-0.39, 0.29) is 18.5 Å². The molecule has 1 atom stereocenters. The van der Waals surface area contributed by atoms with Gasteiger partial charge < -0.3 is 5.32 Å². The molecule has 2 rings (SSSR count). The van der Waals surface area contributed by atoms with Crippen molar-refractivity contribution in [3.05, 3.63) is 35.9 Å². The molecule has 4 nitrogen and oxygen atoms in total. The maximum atomic E-state index is 11.2. The van der Waals surface area contributed by atoms with Gasteiger partial charge in [-0.1, -0.05) is 30.3 Å². The van der Waals surface area contributed by atoms with Gasteiger partial charge in [-0.05, 0) is 18.4 Å². The molecule has 1 fully saturated rings. The highest BCUT2D eigenvalue weighted by Gasteiger charge is 2.25. The molecular weight excluding hydrogens is 204 g/mol. The van der Waals surface area contributed by atoms with Crippen LogP contribution in [0.5, 0.6) is 0 Å². The molecule has 0 bridgehead atoms. The predicted molar refractivity (Wildman–Crippen MR) is 60.1 cm³/mol. The number of benzene rings is 1. The second-order valence-electron chi connectivity index (χ2n) is 4.05. The molecule has 1 saturated heterocycles. The Bertz CT molecular complexity index is 353. The van der Waals surface area contributed by atoms with Gasteiger partial charge in [0.1, 0.15) is 0 Å².